The average molecular weight is 550 g/mol. The predicted molar refractivity (Wildman–Crippen MR) is 132 cm³/mol. The summed E-state index contributed by atoms with van der Waals surface area (Å²) in [7, 11) is 1.80. The van der Waals surface area contributed by atoms with Gasteiger partial charge >= 0.3 is 0 Å². The van der Waals surface area contributed by atoms with Gasteiger partial charge in [0, 0.05) is 55.7 Å². The zero-order valence-corrected chi connectivity index (χ0v) is 20.8. The van der Waals surface area contributed by atoms with E-state index < -0.39 is 0 Å². The number of halogens is 2. The van der Waals surface area contributed by atoms with Crippen LogP contribution in [0.3, 0.4) is 0 Å². The smallest absolute Gasteiger partial charge is 0.191 e. The molecule has 160 valence electrons. The minimum atomic E-state index is 0. The molecule has 2 N–H and O–H groups in total. The third-order valence-corrected chi connectivity index (χ3v) is 5.91. The zero-order chi connectivity index (χ0) is 19.8. The fourth-order valence-corrected chi connectivity index (χ4v) is 4.26. The largest absolute Gasteiger partial charge is 0.379 e. The minimum Gasteiger partial charge on any atom is -0.379 e. The molecule has 1 unspecified atom stereocenters. The predicted octanol–water partition coefficient (Wildman–Crippen LogP) is 3.50. The average Bonchev–Trinajstić information content (AvgIpc) is 3.13. The number of nitrogens with one attached hydrogen (secondary N) is 2. The Bertz CT molecular complexity index is 782. The first-order chi connectivity index (χ1) is 13.7. The van der Waals surface area contributed by atoms with E-state index in [-0.39, 0.29) is 30.0 Å². The summed E-state index contributed by atoms with van der Waals surface area (Å²) in [5.74, 6) is 0.800. The molecule has 0 spiro atoms. The number of hydrogen-bond donors (Lipinski definition) is 2. The van der Waals surface area contributed by atoms with E-state index in [0.717, 1.165) is 61.8 Å². The first-order valence-corrected chi connectivity index (χ1v) is 10.8. The van der Waals surface area contributed by atoms with Gasteiger partial charge in [-0.1, -0.05) is 23.7 Å². The van der Waals surface area contributed by atoms with Gasteiger partial charge in [0.15, 0.2) is 5.96 Å². The molecule has 1 aliphatic heterocycles. The van der Waals surface area contributed by atoms with Crippen molar-refractivity contribution in [3.05, 3.63) is 50.9 Å². The van der Waals surface area contributed by atoms with Crippen LogP contribution in [0, 0.1) is 6.92 Å². The molecular weight excluding hydrogens is 521 g/mol. The Morgan fingerprint density at radius 3 is 2.79 bits per heavy atom. The van der Waals surface area contributed by atoms with Crippen LogP contribution >= 0.6 is 46.9 Å². The quantitative estimate of drug-likeness (QED) is 0.315. The summed E-state index contributed by atoms with van der Waals surface area (Å²) in [6, 6.07) is 8.31. The number of nitrogens with zero attached hydrogens (tertiary/aromatic N) is 3. The number of rotatable bonds is 7. The van der Waals surface area contributed by atoms with Crippen molar-refractivity contribution in [1.29, 1.82) is 0 Å². The highest BCUT2D eigenvalue weighted by Gasteiger charge is 2.23. The summed E-state index contributed by atoms with van der Waals surface area (Å²) in [6.07, 6.45) is 2.81. The molecule has 1 aromatic heterocycles. The van der Waals surface area contributed by atoms with Crippen molar-refractivity contribution in [1.82, 2.24) is 20.5 Å². The van der Waals surface area contributed by atoms with Crippen molar-refractivity contribution in [2.75, 3.05) is 46.4 Å². The number of guanidine groups is 1. The molecule has 0 amide bonds. The number of aromatic nitrogens is 1. The van der Waals surface area contributed by atoms with Gasteiger partial charge < -0.3 is 15.4 Å². The lowest BCUT2D eigenvalue weighted by Crippen LogP contribution is -2.46. The van der Waals surface area contributed by atoms with Crippen LogP contribution in [0.25, 0.3) is 0 Å². The van der Waals surface area contributed by atoms with Crippen molar-refractivity contribution in [3.63, 3.8) is 0 Å². The Labute approximate surface area is 199 Å². The van der Waals surface area contributed by atoms with Crippen LogP contribution in [0.2, 0.25) is 5.02 Å². The summed E-state index contributed by atoms with van der Waals surface area (Å²) >= 11 is 7.98. The molecule has 1 atom stereocenters. The maximum atomic E-state index is 6.24. The van der Waals surface area contributed by atoms with E-state index in [1.54, 1.807) is 18.4 Å². The van der Waals surface area contributed by atoms with Crippen molar-refractivity contribution >= 4 is 52.9 Å². The molecule has 1 fully saturated rings. The van der Waals surface area contributed by atoms with Crippen molar-refractivity contribution < 1.29 is 4.74 Å². The van der Waals surface area contributed by atoms with Crippen LogP contribution in [0.4, 0.5) is 0 Å². The summed E-state index contributed by atoms with van der Waals surface area (Å²) < 4.78 is 5.52. The zero-order valence-electron chi connectivity index (χ0n) is 16.9. The molecule has 9 heteroatoms. The van der Waals surface area contributed by atoms with Gasteiger partial charge in [-0.25, -0.2) is 4.98 Å². The number of aliphatic imine (C=N–C) groups is 1. The number of benzene rings is 1. The summed E-state index contributed by atoms with van der Waals surface area (Å²) in [5.41, 5.74) is 1.20. The Hall–Kier alpha value is -0.940. The van der Waals surface area contributed by atoms with Crippen LogP contribution in [0.1, 0.15) is 21.5 Å². The van der Waals surface area contributed by atoms with Gasteiger partial charge in [0.05, 0.1) is 24.3 Å². The first-order valence-electron chi connectivity index (χ1n) is 9.59. The van der Waals surface area contributed by atoms with E-state index in [1.165, 1.54) is 10.4 Å². The molecular formula is C20H29ClIN5OS. The molecule has 1 aromatic carbocycles. The van der Waals surface area contributed by atoms with E-state index in [2.05, 4.69) is 38.5 Å². The maximum Gasteiger partial charge on any atom is 0.191 e. The van der Waals surface area contributed by atoms with E-state index in [4.69, 9.17) is 16.3 Å². The van der Waals surface area contributed by atoms with Gasteiger partial charge in [0.25, 0.3) is 0 Å². The lowest BCUT2D eigenvalue weighted by Gasteiger charge is -2.35. The van der Waals surface area contributed by atoms with Crippen LogP contribution in [-0.4, -0.2) is 62.3 Å². The molecule has 3 rings (SSSR count). The van der Waals surface area contributed by atoms with Crippen LogP contribution < -0.4 is 10.6 Å². The first kappa shape index (κ1) is 24.3. The monoisotopic (exact) mass is 549 g/mol. The molecule has 0 saturated carbocycles. The van der Waals surface area contributed by atoms with E-state index in [9.17, 15) is 0 Å². The normalized spacial score (nSPS) is 16.2. The van der Waals surface area contributed by atoms with Crippen molar-refractivity contribution in [2.24, 2.45) is 4.99 Å². The standard InChI is InChI=1S/C20H28ClN5OS.HI/c1-15-13-24-19(28-15)6-7-23-20(22-2)25-14-18(26-8-10-27-11-9-26)16-4-3-5-17(21)12-16;/h3-5,12-13,18H,6-11,14H2,1-2H3,(H2,22,23,25);1H. The lowest BCUT2D eigenvalue weighted by molar-refractivity contribution is 0.0170. The molecule has 2 heterocycles. The highest BCUT2D eigenvalue weighted by atomic mass is 127. The SMILES string of the molecule is CN=C(NCCc1ncc(C)s1)NCC(c1cccc(Cl)c1)N1CCOCC1.I. The summed E-state index contributed by atoms with van der Waals surface area (Å²) in [5, 5.41) is 8.76. The van der Waals surface area contributed by atoms with Gasteiger partial charge in [0.1, 0.15) is 0 Å². The second-order valence-electron chi connectivity index (χ2n) is 6.71. The molecule has 1 saturated heterocycles. The number of ether oxygens (including phenoxy) is 1. The highest BCUT2D eigenvalue weighted by molar-refractivity contribution is 14.0. The van der Waals surface area contributed by atoms with E-state index >= 15 is 0 Å². The lowest BCUT2D eigenvalue weighted by atomic mass is 10.0. The number of aryl methyl sites for hydroxylation is 1. The fourth-order valence-electron chi connectivity index (χ4n) is 3.28. The van der Waals surface area contributed by atoms with Crippen molar-refractivity contribution in [3.8, 4) is 0 Å². The Balaban J connectivity index is 0.00000300. The molecule has 6 nitrogen and oxygen atoms in total. The minimum absolute atomic E-state index is 0. The second-order valence-corrected chi connectivity index (χ2v) is 8.47. The van der Waals surface area contributed by atoms with Gasteiger partial charge in [0.2, 0.25) is 0 Å². The van der Waals surface area contributed by atoms with Crippen molar-refractivity contribution in [2.45, 2.75) is 19.4 Å². The molecule has 0 aliphatic carbocycles. The molecule has 29 heavy (non-hydrogen) atoms. The summed E-state index contributed by atoms with van der Waals surface area (Å²) in [4.78, 5) is 12.5. The van der Waals surface area contributed by atoms with Gasteiger partial charge in [-0.15, -0.1) is 35.3 Å². The third kappa shape index (κ3) is 7.67. The van der Waals surface area contributed by atoms with E-state index in [1.807, 2.05) is 24.4 Å². The van der Waals surface area contributed by atoms with Crippen LogP contribution in [-0.2, 0) is 11.2 Å². The second kappa shape index (κ2) is 12.7. The van der Waals surface area contributed by atoms with Crippen LogP contribution in [0.5, 0.6) is 0 Å². The highest BCUT2D eigenvalue weighted by Crippen LogP contribution is 2.24. The molecule has 0 radical (unpaired) electrons. The Morgan fingerprint density at radius 1 is 1.34 bits per heavy atom. The number of thiazole rings is 1. The molecule has 2 aromatic rings. The third-order valence-electron chi connectivity index (χ3n) is 4.71. The fraction of sp³-hybridized carbons (Fsp3) is 0.500. The van der Waals surface area contributed by atoms with Gasteiger partial charge in [-0.2, -0.15) is 0 Å². The van der Waals surface area contributed by atoms with Crippen LogP contribution in [0.15, 0.2) is 35.5 Å². The summed E-state index contributed by atoms with van der Waals surface area (Å²) in [6.45, 7) is 6.97. The Kier molecular flexibility index (Phi) is 10.6. The topological polar surface area (TPSA) is 61.8 Å². The van der Waals surface area contributed by atoms with Gasteiger partial charge in [-0.3, -0.25) is 9.89 Å². The molecule has 0 bridgehead atoms. The maximum absolute atomic E-state index is 6.24. The Morgan fingerprint density at radius 2 is 2.14 bits per heavy atom. The number of hydrogen-bond acceptors (Lipinski definition) is 5. The van der Waals surface area contributed by atoms with Gasteiger partial charge in [-0.05, 0) is 24.6 Å². The molecule has 1 aliphatic rings. The number of morpholine rings is 1. The van der Waals surface area contributed by atoms with E-state index in [0.29, 0.717) is 0 Å².